The Labute approximate surface area is 235 Å². The van der Waals surface area contributed by atoms with Crippen molar-refractivity contribution in [3.63, 3.8) is 0 Å². The standard InChI is InChI=1S/C26H26BrCl2N3O4S/c1-17-7-11-23(12-8-17)37(35,36)32(22-6-4-5-20(27)13-22)16-25(33)31(18(2)26(34)30-3)15-19-9-10-21(28)14-24(19)29/h4-14,18H,15-16H2,1-3H3,(H,30,34)/t18-/m1/s1. The van der Waals surface area contributed by atoms with Gasteiger partial charge in [-0.25, -0.2) is 8.42 Å². The van der Waals surface area contributed by atoms with Crippen LogP contribution in [0.25, 0.3) is 0 Å². The highest BCUT2D eigenvalue weighted by Crippen LogP contribution is 2.28. The zero-order chi connectivity index (χ0) is 27.3. The Morgan fingerprint density at radius 2 is 1.70 bits per heavy atom. The molecule has 0 bridgehead atoms. The number of anilines is 1. The SMILES string of the molecule is CNC(=O)[C@@H](C)N(Cc1ccc(Cl)cc1Cl)C(=O)CN(c1cccc(Br)c1)S(=O)(=O)c1ccc(C)cc1. The summed E-state index contributed by atoms with van der Waals surface area (Å²) in [6.45, 7) is 2.85. The van der Waals surface area contributed by atoms with Gasteiger partial charge >= 0.3 is 0 Å². The van der Waals surface area contributed by atoms with Crippen LogP contribution in [-0.4, -0.2) is 44.8 Å². The summed E-state index contributed by atoms with van der Waals surface area (Å²) in [5.41, 5.74) is 1.75. The zero-order valence-electron chi connectivity index (χ0n) is 20.4. The summed E-state index contributed by atoms with van der Waals surface area (Å²) in [4.78, 5) is 27.6. The number of carbonyl (C=O) groups excluding carboxylic acids is 2. The third kappa shape index (κ3) is 7.04. The molecular formula is C26H26BrCl2N3O4S. The number of sulfonamides is 1. The lowest BCUT2D eigenvalue weighted by atomic mass is 10.1. The molecule has 0 heterocycles. The van der Waals surface area contributed by atoms with E-state index in [0.29, 0.717) is 25.8 Å². The van der Waals surface area contributed by atoms with E-state index in [-0.39, 0.29) is 11.4 Å². The molecule has 0 fully saturated rings. The second-order valence-corrected chi connectivity index (χ2v) is 12.0. The van der Waals surface area contributed by atoms with Crippen molar-refractivity contribution in [1.29, 1.82) is 0 Å². The molecule has 1 N–H and O–H groups in total. The first kappa shape index (κ1) is 29.0. The molecule has 0 saturated heterocycles. The fourth-order valence-corrected chi connectivity index (χ4v) is 5.88. The van der Waals surface area contributed by atoms with Gasteiger partial charge in [0.2, 0.25) is 11.8 Å². The summed E-state index contributed by atoms with van der Waals surface area (Å²) in [5.74, 6) is -0.994. The lowest BCUT2D eigenvalue weighted by Gasteiger charge is -2.32. The number of halogens is 3. The molecule has 3 aromatic rings. The van der Waals surface area contributed by atoms with Crippen molar-refractivity contribution in [2.24, 2.45) is 0 Å². The number of carbonyl (C=O) groups is 2. The first-order chi connectivity index (χ1) is 17.4. The monoisotopic (exact) mass is 625 g/mol. The Hall–Kier alpha value is -2.59. The van der Waals surface area contributed by atoms with Crippen molar-refractivity contribution in [2.45, 2.75) is 31.3 Å². The number of rotatable bonds is 9. The summed E-state index contributed by atoms with van der Waals surface area (Å²) < 4.78 is 29.2. The Bertz CT molecular complexity index is 1400. The number of hydrogen-bond acceptors (Lipinski definition) is 4. The van der Waals surface area contributed by atoms with E-state index in [1.54, 1.807) is 61.5 Å². The van der Waals surface area contributed by atoms with Gasteiger partial charge < -0.3 is 10.2 Å². The van der Waals surface area contributed by atoms with Crippen molar-refractivity contribution in [3.8, 4) is 0 Å². The van der Waals surface area contributed by atoms with Gasteiger partial charge in [0.15, 0.2) is 0 Å². The molecule has 0 aliphatic carbocycles. The van der Waals surface area contributed by atoms with Gasteiger partial charge in [-0.15, -0.1) is 0 Å². The summed E-state index contributed by atoms with van der Waals surface area (Å²) in [6, 6.07) is 17.0. The number of aryl methyl sites for hydroxylation is 1. The number of benzene rings is 3. The molecule has 3 rings (SSSR count). The summed E-state index contributed by atoms with van der Waals surface area (Å²) in [6.07, 6.45) is 0. The summed E-state index contributed by atoms with van der Waals surface area (Å²) in [5, 5.41) is 3.29. The lowest BCUT2D eigenvalue weighted by molar-refractivity contribution is -0.139. The number of amides is 2. The molecule has 0 aliphatic rings. The minimum atomic E-state index is -4.13. The molecule has 2 amide bonds. The second kappa shape index (κ2) is 12.3. The van der Waals surface area contributed by atoms with Crippen LogP contribution in [0.15, 0.2) is 76.1 Å². The van der Waals surface area contributed by atoms with Gasteiger partial charge in [0.25, 0.3) is 10.0 Å². The average molecular weight is 627 g/mol. The van der Waals surface area contributed by atoms with Gasteiger partial charge in [-0.1, -0.05) is 69.0 Å². The van der Waals surface area contributed by atoms with Crippen LogP contribution in [0, 0.1) is 6.92 Å². The molecule has 1 atom stereocenters. The molecule has 0 radical (unpaired) electrons. The van der Waals surface area contributed by atoms with Gasteiger partial charge in [-0.3, -0.25) is 13.9 Å². The van der Waals surface area contributed by atoms with Gasteiger partial charge in [0.1, 0.15) is 12.6 Å². The topological polar surface area (TPSA) is 86.8 Å². The number of likely N-dealkylation sites (N-methyl/N-ethyl adjacent to an activating group) is 1. The Balaban J connectivity index is 2.05. The predicted molar refractivity (Wildman–Crippen MR) is 150 cm³/mol. The van der Waals surface area contributed by atoms with Crippen molar-refractivity contribution in [2.75, 3.05) is 17.9 Å². The second-order valence-electron chi connectivity index (χ2n) is 8.35. The van der Waals surface area contributed by atoms with Crippen molar-refractivity contribution >= 4 is 66.7 Å². The predicted octanol–water partition coefficient (Wildman–Crippen LogP) is 5.42. The Kier molecular flexibility index (Phi) is 9.63. The molecule has 0 unspecified atom stereocenters. The van der Waals surface area contributed by atoms with Gasteiger partial charge in [0.05, 0.1) is 10.6 Å². The molecular weight excluding hydrogens is 601 g/mol. The third-order valence-corrected chi connectivity index (χ3v) is 8.62. The third-order valence-electron chi connectivity index (χ3n) is 5.75. The van der Waals surface area contributed by atoms with E-state index >= 15 is 0 Å². The fraction of sp³-hybridized carbons (Fsp3) is 0.231. The molecule has 3 aromatic carbocycles. The molecule has 7 nitrogen and oxygen atoms in total. The minimum absolute atomic E-state index is 0.0275. The van der Waals surface area contributed by atoms with Crippen molar-refractivity contribution in [1.82, 2.24) is 10.2 Å². The number of hydrogen-bond donors (Lipinski definition) is 1. The maximum Gasteiger partial charge on any atom is 0.264 e. The normalized spacial score (nSPS) is 12.1. The quantitative estimate of drug-likeness (QED) is 0.344. The van der Waals surface area contributed by atoms with Gasteiger partial charge in [-0.2, -0.15) is 0 Å². The van der Waals surface area contributed by atoms with Crippen molar-refractivity contribution < 1.29 is 18.0 Å². The van der Waals surface area contributed by atoms with E-state index in [1.807, 2.05) is 6.92 Å². The van der Waals surface area contributed by atoms with E-state index in [9.17, 15) is 18.0 Å². The number of nitrogens with one attached hydrogen (secondary N) is 1. The summed E-state index contributed by atoms with van der Waals surface area (Å²) >= 11 is 15.7. The largest absolute Gasteiger partial charge is 0.357 e. The van der Waals surface area contributed by atoms with E-state index in [1.165, 1.54) is 24.1 Å². The molecule has 11 heteroatoms. The van der Waals surface area contributed by atoms with Crippen LogP contribution in [-0.2, 0) is 26.2 Å². The molecule has 0 aromatic heterocycles. The Morgan fingerprint density at radius 1 is 1.03 bits per heavy atom. The first-order valence-corrected chi connectivity index (χ1v) is 14.2. The average Bonchev–Trinajstić information content (AvgIpc) is 2.86. The van der Waals surface area contributed by atoms with Crippen LogP contribution in [0.5, 0.6) is 0 Å². The van der Waals surface area contributed by atoms with E-state index < -0.39 is 34.4 Å². The smallest absolute Gasteiger partial charge is 0.264 e. The lowest BCUT2D eigenvalue weighted by Crippen LogP contribution is -2.50. The van der Waals surface area contributed by atoms with Crippen LogP contribution >= 0.6 is 39.1 Å². The van der Waals surface area contributed by atoms with Crippen LogP contribution in [0.1, 0.15) is 18.1 Å². The highest BCUT2D eigenvalue weighted by molar-refractivity contribution is 9.10. The Morgan fingerprint density at radius 3 is 2.30 bits per heavy atom. The van der Waals surface area contributed by atoms with Crippen molar-refractivity contribution in [3.05, 3.63) is 92.4 Å². The molecule has 0 spiro atoms. The van der Waals surface area contributed by atoms with E-state index in [0.717, 1.165) is 9.87 Å². The van der Waals surface area contributed by atoms with Crippen LogP contribution in [0.4, 0.5) is 5.69 Å². The fourth-order valence-electron chi connectivity index (χ4n) is 3.62. The molecule has 196 valence electrons. The first-order valence-electron chi connectivity index (χ1n) is 11.2. The molecule has 0 aliphatic heterocycles. The minimum Gasteiger partial charge on any atom is -0.357 e. The maximum absolute atomic E-state index is 13.7. The highest BCUT2D eigenvalue weighted by atomic mass is 79.9. The van der Waals surface area contributed by atoms with Crippen LogP contribution in [0.2, 0.25) is 10.0 Å². The molecule has 0 saturated carbocycles. The van der Waals surface area contributed by atoms with Gasteiger partial charge in [0, 0.05) is 28.1 Å². The van der Waals surface area contributed by atoms with Crippen LogP contribution in [0.3, 0.4) is 0 Å². The maximum atomic E-state index is 13.7. The highest BCUT2D eigenvalue weighted by Gasteiger charge is 2.32. The van der Waals surface area contributed by atoms with E-state index in [4.69, 9.17) is 23.2 Å². The zero-order valence-corrected chi connectivity index (χ0v) is 24.3. The van der Waals surface area contributed by atoms with Gasteiger partial charge in [-0.05, 0) is 61.9 Å². The summed E-state index contributed by atoms with van der Waals surface area (Å²) in [7, 11) is -2.67. The van der Waals surface area contributed by atoms with Crippen LogP contribution < -0.4 is 9.62 Å². The molecule has 37 heavy (non-hydrogen) atoms. The number of nitrogens with zero attached hydrogens (tertiary/aromatic N) is 2. The van der Waals surface area contributed by atoms with E-state index in [2.05, 4.69) is 21.2 Å².